The van der Waals surface area contributed by atoms with Crippen molar-refractivity contribution in [3.05, 3.63) is 84.5 Å². The molecule has 2 aromatic heterocycles. The lowest BCUT2D eigenvalue weighted by Crippen LogP contribution is -2.44. The number of aromatic nitrogens is 3. The Morgan fingerprint density at radius 2 is 1.88 bits per heavy atom. The number of pyridine rings is 1. The van der Waals surface area contributed by atoms with Gasteiger partial charge in [0.2, 0.25) is 17.7 Å². The molecule has 0 atom stereocenters. The highest BCUT2D eigenvalue weighted by Gasteiger charge is 2.22. The van der Waals surface area contributed by atoms with E-state index in [1.54, 1.807) is 31.6 Å². The lowest BCUT2D eigenvalue weighted by molar-refractivity contribution is -0.134. The van der Waals surface area contributed by atoms with E-state index in [0.29, 0.717) is 54.8 Å². The molecule has 1 saturated heterocycles. The number of likely N-dealkylation sites (tertiary alicyclic amines) is 1. The monoisotopic (exact) mass is 703 g/mol. The molecule has 3 amide bonds. The number of hydrogen-bond donors (Lipinski definition) is 3. The van der Waals surface area contributed by atoms with Gasteiger partial charge >= 0.3 is 0 Å². The number of nitrogens with one attached hydrogen (secondary N) is 3. The van der Waals surface area contributed by atoms with Crippen LogP contribution in [-0.4, -0.2) is 77.5 Å². The van der Waals surface area contributed by atoms with Crippen molar-refractivity contribution in [2.24, 2.45) is 5.92 Å². The molecule has 4 aromatic rings. The fourth-order valence-corrected chi connectivity index (χ4v) is 5.99. The van der Waals surface area contributed by atoms with Crippen molar-refractivity contribution in [3.63, 3.8) is 0 Å². The number of carbonyl (C=O) groups excluding carboxylic acids is 3. The number of ether oxygens (including phenoxy) is 2. The maximum atomic E-state index is 12.8. The van der Waals surface area contributed by atoms with Crippen molar-refractivity contribution in [1.82, 2.24) is 30.5 Å². The van der Waals surface area contributed by atoms with Crippen LogP contribution in [0.4, 0.5) is 11.5 Å². The molecule has 1 fully saturated rings. The van der Waals surface area contributed by atoms with Gasteiger partial charge in [0.25, 0.3) is 0 Å². The Morgan fingerprint density at radius 1 is 1.02 bits per heavy atom. The first-order valence-electron chi connectivity index (χ1n) is 17.6. The highest BCUT2D eigenvalue weighted by Crippen LogP contribution is 2.35. The van der Waals surface area contributed by atoms with Crippen molar-refractivity contribution in [2.45, 2.75) is 44.9 Å². The van der Waals surface area contributed by atoms with Gasteiger partial charge in [-0.05, 0) is 73.6 Å². The summed E-state index contributed by atoms with van der Waals surface area (Å²) in [6.07, 6.45) is 19.3. The largest absolute Gasteiger partial charge is 0.493 e. The number of unbranched alkanes of at least 4 members (excludes halogenated alkanes) is 1. The van der Waals surface area contributed by atoms with Crippen molar-refractivity contribution >= 4 is 46.2 Å². The third kappa shape index (κ3) is 11.3. The fourth-order valence-electron chi connectivity index (χ4n) is 5.99. The second-order valence-electron chi connectivity index (χ2n) is 12.6. The van der Waals surface area contributed by atoms with Crippen molar-refractivity contribution < 1.29 is 23.9 Å². The molecule has 52 heavy (non-hydrogen) atoms. The number of amides is 3. The lowest BCUT2D eigenvalue weighted by Gasteiger charge is -2.32. The summed E-state index contributed by atoms with van der Waals surface area (Å²) in [5.41, 5.74) is 3.10. The second-order valence-corrected chi connectivity index (χ2v) is 12.6. The van der Waals surface area contributed by atoms with Crippen LogP contribution in [0.2, 0.25) is 0 Å². The number of carbonyl (C=O) groups is 3. The number of piperidine rings is 1. The van der Waals surface area contributed by atoms with Gasteiger partial charge in [-0.15, -0.1) is 6.42 Å². The van der Waals surface area contributed by atoms with Crippen molar-refractivity contribution in [1.29, 1.82) is 0 Å². The Kier molecular flexibility index (Phi) is 13.9. The Hall–Kier alpha value is -5.96. The smallest absolute Gasteiger partial charge is 0.243 e. The van der Waals surface area contributed by atoms with Crippen LogP contribution in [0.1, 0.15) is 56.1 Å². The van der Waals surface area contributed by atoms with E-state index in [1.807, 2.05) is 47.4 Å². The minimum absolute atomic E-state index is 0.0161. The summed E-state index contributed by atoms with van der Waals surface area (Å²) in [6.45, 7) is 2.27. The van der Waals surface area contributed by atoms with Crippen molar-refractivity contribution in [3.8, 4) is 23.8 Å². The van der Waals surface area contributed by atoms with E-state index < -0.39 is 0 Å². The molecule has 3 N–H and O–H groups in total. The minimum atomic E-state index is -0.203. The molecule has 1 aliphatic heterocycles. The first-order chi connectivity index (χ1) is 25.4. The molecular weight excluding hydrogens is 658 g/mol. The second kappa shape index (κ2) is 19.4. The van der Waals surface area contributed by atoms with E-state index >= 15 is 0 Å². The van der Waals surface area contributed by atoms with Crippen LogP contribution in [0, 0.1) is 18.3 Å². The number of rotatable bonds is 17. The summed E-state index contributed by atoms with van der Waals surface area (Å²) >= 11 is 0. The number of terminal acetylenes is 1. The van der Waals surface area contributed by atoms with Crippen LogP contribution in [0.5, 0.6) is 11.5 Å². The molecular formula is C40H45N7O5. The number of hydrogen-bond acceptors (Lipinski definition) is 9. The summed E-state index contributed by atoms with van der Waals surface area (Å²) in [5.74, 6) is 4.41. The quantitative estimate of drug-likeness (QED) is 0.0760. The van der Waals surface area contributed by atoms with Crippen LogP contribution in [0.15, 0.2) is 73.3 Å². The molecule has 12 heteroatoms. The zero-order valence-electron chi connectivity index (χ0n) is 29.5. The molecule has 12 nitrogen and oxygen atoms in total. The highest BCUT2D eigenvalue weighted by atomic mass is 16.5. The molecule has 5 rings (SSSR count). The van der Waals surface area contributed by atoms with Gasteiger partial charge in [-0.3, -0.25) is 19.4 Å². The van der Waals surface area contributed by atoms with Gasteiger partial charge in [-0.1, -0.05) is 30.9 Å². The third-order valence-corrected chi connectivity index (χ3v) is 8.87. The molecule has 3 heterocycles. The Balaban J connectivity index is 0.966. The number of methoxy groups -OCH3 is 1. The van der Waals surface area contributed by atoms with Gasteiger partial charge in [-0.2, -0.15) is 0 Å². The molecule has 0 aliphatic carbocycles. The number of fused-ring (bicyclic) bond motifs is 1. The van der Waals surface area contributed by atoms with E-state index in [0.717, 1.165) is 54.3 Å². The molecule has 0 unspecified atom stereocenters. The Labute approximate surface area is 304 Å². The molecule has 1 aliphatic rings. The zero-order valence-corrected chi connectivity index (χ0v) is 29.5. The summed E-state index contributed by atoms with van der Waals surface area (Å²) < 4.78 is 11.6. The van der Waals surface area contributed by atoms with Crippen LogP contribution in [-0.2, 0) is 14.4 Å². The summed E-state index contributed by atoms with van der Waals surface area (Å²) in [5, 5.41) is 9.72. The van der Waals surface area contributed by atoms with Gasteiger partial charge in [0.15, 0.2) is 11.5 Å². The average Bonchev–Trinajstić information content (AvgIpc) is 3.18. The minimum Gasteiger partial charge on any atom is -0.493 e. The predicted molar refractivity (Wildman–Crippen MR) is 201 cm³/mol. The maximum absolute atomic E-state index is 12.8. The first kappa shape index (κ1) is 37.3. The standard InChI is InChI=1S/C40H45N7O5/c1-3-29-10-6-12-32(23-29)46-40-33-24-36(35(51-2)25-34(33)44-28-45-40)52-22-8-13-37(48)43-27-39(50)47-20-16-30(17-21-47)9-4-5-19-42-38(49)15-14-31-11-7-18-41-26-31/h1,6-7,10-12,14-15,18,23-26,28,30H,4-5,8-9,13,16-17,19-22,27H2,2H3,(H,42,49)(H,43,48)(H,44,45,46)/b15-14+. The van der Waals surface area contributed by atoms with Gasteiger partial charge < -0.3 is 30.3 Å². The third-order valence-electron chi connectivity index (χ3n) is 8.87. The van der Waals surface area contributed by atoms with Crippen LogP contribution < -0.4 is 25.4 Å². The van der Waals surface area contributed by atoms with Gasteiger partial charge in [0.05, 0.1) is 25.8 Å². The molecule has 0 saturated carbocycles. The first-order valence-corrected chi connectivity index (χ1v) is 17.6. The van der Waals surface area contributed by atoms with E-state index in [9.17, 15) is 14.4 Å². The van der Waals surface area contributed by atoms with Gasteiger partial charge in [0, 0.05) is 67.2 Å². The number of benzene rings is 2. The highest BCUT2D eigenvalue weighted by molar-refractivity contribution is 5.93. The number of nitrogens with zero attached hydrogens (tertiary/aromatic N) is 4. The predicted octanol–water partition coefficient (Wildman–Crippen LogP) is 5.27. The fraction of sp³-hybridized carbons (Fsp3) is 0.350. The maximum Gasteiger partial charge on any atom is 0.243 e. The van der Waals surface area contributed by atoms with E-state index in [-0.39, 0.29) is 37.3 Å². The lowest BCUT2D eigenvalue weighted by atomic mass is 9.91. The van der Waals surface area contributed by atoms with Gasteiger partial charge in [-0.25, -0.2) is 9.97 Å². The Morgan fingerprint density at radius 3 is 2.67 bits per heavy atom. The van der Waals surface area contributed by atoms with Crippen molar-refractivity contribution in [2.75, 3.05) is 45.2 Å². The molecule has 0 bridgehead atoms. The van der Waals surface area contributed by atoms with E-state index in [1.165, 1.54) is 12.4 Å². The van der Waals surface area contributed by atoms with E-state index in [4.69, 9.17) is 15.9 Å². The summed E-state index contributed by atoms with van der Waals surface area (Å²) in [4.78, 5) is 52.0. The van der Waals surface area contributed by atoms with Gasteiger partial charge in [0.1, 0.15) is 12.1 Å². The van der Waals surface area contributed by atoms with Crippen LogP contribution in [0.25, 0.3) is 17.0 Å². The Bertz CT molecular complexity index is 1880. The van der Waals surface area contributed by atoms with E-state index in [2.05, 4.69) is 36.8 Å². The SMILES string of the molecule is C#Cc1cccc(Nc2ncnc3cc(OC)c(OCCCC(=O)NCC(=O)N4CCC(CCCCNC(=O)/C=C/c5cccnc5)CC4)cc23)c1. The van der Waals surface area contributed by atoms with Crippen LogP contribution >= 0.6 is 0 Å². The zero-order chi connectivity index (χ0) is 36.5. The topological polar surface area (TPSA) is 148 Å². The molecule has 0 radical (unpaired) electrons. The molecule has 2 aromatic carbocycles. The average molecular weight is 704 g/mol. The molecule has 0 spiro atoms. The molecule has 270 valence electrons. The summed E-state index contributed by atoms with van der Waals surface area (Å²) in [6, 6.07) is 14.8. The summed E-state index contributed by atoms with van der Waals surface area (Å²) in [7, 11) is 1.56. The number of anilines is 2. The normalized spacial score (nSPS) is 13.0. The van der Waals surface area contributed by atoms with Crippen LogP contribution in [0.3, 0.4) is 0 Å².